The molecule has 0 aliphatic heterocycles. The van der Waals surface area contributed by atoms with Gasteiger partial charge in [0.25, 0.3) is 0 Å². The van der Waals surface area contributed by atoms with E-state index in [0.29, 0.717) is 5.69 Å². The molecule has 0 atom stereocenters. The maximum Gasteiger partial charge on any atom is 0.164 e. The molecule has 0 fully saturated rings. The molecule has 0 bridgehead atoms. The van der Waals surface area contributed by atoms with Crippen LogP contribution in [0.2, 0.25) is 0 Å². The molecule has 90 valence electrons. The lowest BCUT2D eigenvalue weighted by Crippen LogP contribution is -2.04. The molecule has 1 aromatic heterocycles. The van der Waals surface area contributed by atoms with Crippen molar-refractivity contribution in [2.45, 2.75) is 26.8 Å². The maximum absolute atomic E-state index is 10.1. The molecule has 0 aliphatic rings. The Balaban J connectivity index is 2.53. The molecule has 1 aromatic carbocycles. The van der Waals surface area contributed by atoms with Crippen LogP contribution in [0.5, 0.6) is 5.75 Å². The number of aromatic hydroxyl groups is 1. The Kier molecular flexibility index (Phi) is 3.24. The van der Waals surface area contributed by atoms with Crippen molar-refractivity contribution < 1.29 is 5.11 Å². The van der Waals surface area contributed by atoms with Gasteiger partial charge in [-0.1, -0.05) is 28.1 Å². The van der Waals surface area contributed by atoms with Gasteiger partial charge in [-0.15, -0.1) is 0 Å². The van der Waals surface area contributed by atoms with Gasteiger partial charge >= 0.3 is 0 Å². The van der Waals surface area contributed by atoms with Gasteiger partial charge in [0.1, 0.15) is 5.69 Å². The fourth-order valence-corrected chi connectivity index (χ4v) is 2.08. The molecule has 0 aliphatic carbocycles. The van der Waals surface area contributed by atoms with E-state index in [9.17, 15) is 5.11 Å². The van der Waals surface area contributed by atoms with Gasteiger partial charge in [-0.2, -0.15) is 5.10 Å². The number of hydrogen-bond donors (Lipinski definition) is 1. The van der Waals surface area contributed by atoms with E-state index < -0.39 is 0 Å². The number of benzene rings is 1. The first-order valence-electron chi connectivity index (χ1n) is 5.54. The summed E-state index contributed by atoms with van der Waals surface area (Å²) in [6, 6.07) is 8.01. The third-order valence-corrected chi connectivity index (χ3v) is 3.25. The zero-order chi connectivity index (χ0) is 12.6. The van der Waals surface area contributed by atoms with Crippen LogP contribution in [0.4, 0.5) is 0 Å². The highest BCUT2D eigenvalue weighted by atomic mass is 79.9. The fraction of sp³-hybridized carbons (Fsp3) is 0.308. The zero-order valence-corrected chi connectivity index (χ0v) is 11.7. The Hall–Kier alpha value is -1.29. The molecular formula is C13H15BrN2O. The van der Waals surface area contributed by atoms with Crippen molar-refractivity contribution in [1.82, 2.24) is 9.78 Å². The second-order valence-electron chi connectivity index (χ2n) is 4.33. The van der Waals surface area contributed by atoms with E-state index in [-0.39, 0.29) is 11.8 Å². The monoisotopic (exact) mass is 294 g/mol. The number of hydrogen-bond acceptors (Lipinski definition) is 2. The predicted octanol–water partition coefficient (Wildman–Crippen LogP) is 3.91. The molecule has 0 radical (unpaired) electrons. The van der Waals surface area contributed by atoms with Crippen molar-refractivity contribution >= 4 is 15.9 Å². The lowest BCUT2D eigenvalue weighted by molar-refractivity contribution is 0.461. The van der Waals surface area contributed by atoms with Crippen molar-refractivity contribution in [2.24, 2.45) is 0 Å². The Morgan fingerprint density at radius 3 is 2.29 bits per heavy atom. The highest BCUT2D eigenvalue weighted by molar-refractivity contribution is 9.10. The summed E-state index contributed by atoms with van der Waals surface area (Å²) in [5.41, 5.74) is 2.37. The van der Waals surface area contributed by atoms with Crippen LogP contribution in [-0.2, 0) is 0 Å². The summed E-state index contributed by atoms with van der Waals surface area (Å²) in [5.74, 6) is 0.265. The van der Waals surface area contributed by atoms with E-state index in [2.05, 4.69) is 21.0 Å². The van der Waals surface area contributed by atoms with E-state index in [0.717, 1.165) is 15.7 Å². The topological polar surface area (TPSA) is 38.1 Å². The summed E-state index contributed by atoms with van der Waals surface area (Å²) in [5, 5.41) is 14.6. The summed E-state index contributed by atoms with van der Waals surface area (Å²) in [6.07, 6.45) is 0. The van der Waals surface area contributed by atoms with Gasteiger partial charge in [-0.05, 0) is 32.9 Å². The van der Waals surface area contributed by atoms with Gasteiger partial charge in [0.15, 0.2) is 5.75 Å². The maximum atomic E-state index is 10.1. The second kappa shape index (κ2) is 4.53. The number of nitrogens with zero attached hydrogens (tertiary/aromatic N) is 2. The Bertz CT molecular complexity index is 529. The van der Waals surface area contributed by atoms with Gasteiger partial charge < -0.3 is 5.11 Å². The molecular weight excluding hydrogens is 280 g/mol. The minimum Gasteiger partial charge on any atom is -0.504 e. The molecule has 2 rings (SSSR count). The van der Waals surface area contributed by atoms with Crippen molar-refractivity contribution in [3.05, 3.63) is 34.4 Å². The number of halogens is 1. The first-order valence-corrected chi connectivity index (χ1v) is 6.34. The standard InChI is InChI=1S/C13H15BrN2O/c1-8(2)16-9(3)13(17)12(15-16)10-4-6-11(14)7-5-10/h4-8,17H,1-3H3. The fourth-order valence-electron chi connectivity index (χ4n) is 1.81. The highest BCUT2D eigenvalue weighted by Gasteiger charge is 2.16. The molecule has 0 saturated heterocycles. The van der Waals surface area contributed by atoms with E-state index in [1.165, 1.54) is 0 Å². The summed E-state index contributed by atoms with van der Waals surface area (Å²) in [6.45, 7) is 5.97. The van der Waals surface area contributed by atoms with Crippen molar-refractivity contribution in [3.8, 4) is 17.0 Å². The van der Waals surface area contributed by atoms with Crippen LogP contribution in [0.15, 0.2) is 28.7 Å². The second-order valence-corrected chi connectivity index (χ2v) is 5.24. The van der Waals surface area contributed by atoms with Gasteiger partial charge in [0.2, 0.25) is 0 Å². The van der Waals surface area contributed by atoms with E-state index in [4.69, 9.17) is 0 Å². The third kappa shape index (κ3) is 2.22. The smallest absolute Gasteiger partial charge is 0.164 e. The minimum atomic E-state index is 0.241. The molecule has 2 aromatic rings. The lowest BCUT2D eigenvalue weighted by Gasteiger charge is -2.06. The van der Waals surface area contributed by atoms with Gasteiger partial charge in [-0.3, -0.25) is 4.68 Å². The van der Waals surface area contributed by atoms with Crippen LogP contribution < -0.4 is 0 Å². The summed E-state index contributed by atoms with van der Waals surface area (Å²) in [7, 11) is 0. The summed E-state index contributed by atoms with van der Waals surface area (Å²) < 4.78 is 2.85. The molecule has 17 heavy (non-hydrogen) atoms. The van der Waals surface area contributed by atoms with Crippen LogP contribution in [-0.4, -0.2) is 14.9 Å². The molecule has 3 nitrogen and oxygen atoms in total. The van der Waals surface area contributed by atoms with Crippen molar-refractivity contribution in [2.75, 3.05) is 0 Å². The first kappa shape index (κ1) is 12.2. The van der Waals surface area contributed by atoms with E-state index in [1.54, 1.807) is 0 Å². The Morgan fingerprint density at radius 2 is 1.82 bits per heavy atom. The van der Waals surface area contributed by atoms with Crippen LogP contribution in [0.1, 0.15) is 25.6 Å². The average Bonchev–Trinajstić information content (AvgIpc) is 2.58. The largest absolute Gasteiger partial charge is 0.504 e. The SMILES string of the molecule is Cc1c(O)c(-c2ccc(Br)cc2)nn1C(C)C. The summed E-state index contributed by atoms with van der Waals surface area (Å²) >= 11 is 3.39. The zero-order valence-electron chi connectivity index (χ0n) is 10.1. The van der Waals surface area contributed by atoms with E-state index in [1.807, 2.05) is 49.7 Å². The number of rotatable bonds is 2. The normalized spacial score (nSPS) is 11.1. The predicted molar refractivity (Wildman–Crippen MR) is 72.1 cm³/mol. The van der Waals surface area contributed by atoms with Gasteiger partial charge in [0.05, 0.1) is 5.69 Å². The van der Waals surface area contributed by atoms with Crippen LogP contribution in [0, 0.1) is 6.92 Å². The Morgan fingerprint density at radius 1 is 1.24 bits per heavy atom. The van der Waals surface area contributed by atoms with Gasteiger partial charge in [-0.25, -0.2) is 0 Å². The molecule has 0 saturated carbocycles. The van der Waals surface area contributed by atoms with E-state index >= 15 is 0 Å². The van der Waals surface area contributed by atoms with Gasteiger partial charge in [0, 0.05) is 16.1 Å². The van der Waals surface area contributed by atoms with Crippen LogP contribution in [0.25, 0.3) is 11.3 Å². The minimum absolute atomic E-state index is 0.241. The van der Waals surface area contributed by atoms with Crippen molar-refractivity contribution in [3.63, 3.8) is 0 Å². The quantitative estimate of drug-likeness (QED) is 0.912. The molecule has 0 unspecified atom stereocenters. The average molecular weight is 295 g/mol. The van der Waals surface area contributed by atoms with Crippen molar-refractivity contribution in [1.29, 1.82) is 0 Å². The molecule has 1 N–H and O–H groups in total. The number of aromatic nitrogens is 2. The molecule has 1 heterocycles. The van der Waals surface area contributed by atoms with Crippen LogP contribution >= 0.6 is 15.9 Å². The molecule has 0 spiro atoms. The summed E-state index contributed by atoms with van der Waals surface area (Å²) in [4.78, 5) is 0. The molecule has 0 amide bonds. The third-order valence-electron chi connectivity index (χ3n) is 2.73. The first-order chi connectivity index (χ1) is 8.00. The van der Waals surface area contributed by atoms with Crippen LogP contribution in [0.3, 0.4) is 0 Å². The lowest BCUT2D eigenvalue weighted by atomic mass is 10.1. The Labute approximate surface area is 109 Å². The molecule has 4 heteroatoms. The highest BCUT2D eigenvalue weighted by Crippen LogP contribution is 2.32.